The predicted octanol–water partition coefficient (Wildman–Crippen LogP) is 2.66. The third-order valence-corrected chi connectivity index (χ3v) is 4.06. The molecule has 2 aromatic carbocycles. The van der Waals surface area contributed by atoms with Crippen LogP contribution in [0.3, 0.4) is 0 Å². The Bertz CT molecular complexity index is 961. The molecular formula is C20H17N3O4. The van der Waals surface area contributed by atoms with Crippen LogP contribution >= 0.6 is 0 Å². The van der Waals surface area contributed by atoms with Crippen molar-refractivity contribution in [1.82, 2.24) is 9.88 Å². The normalized spacial score (nSPS) is 10.6. The first kappa shape index (κ1) is 18.1. The molecule has 0 aliphatic rings. The van der Waals surface area contributed by atoms with Crippen LogP contribution in [0.5, 0.6) is 0 Å². The molecule has 1 aromatic heterocycles. The first-order chi connectivity index (χ1) is 13.0. The number of aromatic nitrogens is 1. The minimum Gasteiger partial charge on any atom is -0.344 e. The Labute approximate surface area is 155 Å². The zero-order valence-electron chi connectivity index (χ0n) is 14.3. The third-order valence-electron chi connectivity index (χ3n) is 4.06. The predicted molar refractivity (Wildman–Crippen MR) is 100 cm³/mol. The minimum absolute atomic E-state index is 0.245. The van der Waals surface area contributed by atoms with Crippen LogP contribution in [-0.2, 0) is 11.3 Å². The molecule has 27 heavy (non-hydrogen) atoms. The van der Waals surface area contributed by atoms with E-state index in [-0.39, 0.29) is 12.2 Å². The Balaban J connectivity index is 1.85. The fraction of sp³-hybridized carbons (Fsp3) is 0.100. The number of pyridine rings is 1. The lowest BCUT2D eigenvalue weighted by atomic mass is 9.99. The van der Waals surface area contributed by atoms with Gasteiger partial charge < -0.3 is 5.32 Å². The van der Waals surface area contributed by atoms with Crippen LogP contribution in [0.15, 0.2) is 83.8 Å². The number of nitro groups is 1. The van der Waals surface area contributed by atoms with Crippen molar-refractivity contribution in [2.24, 2.45) is 0 Å². The average Bonchev–Trinajstić information content (AvgIpc) is 2.69. The van der Waals surface area contributed by atoms with E-state index in [4.69, 9.17) is 0 Å². The SMILES string of the molecule is O=C(Cn1cc([N+](=O)[O-])ccc1=O)NC(c1ccccc1)c1ccccc1. The van der Waals surface area contributed by atoms with Gasteiger partial charge in [-0.3, -0.25) is 24.3 Å². The lowest BCUT2D eigenvalue weighted by Crippen LogP contribution is -2.35. The molecule has 0 saturated heterocycles. The van der Waals surface area contributed by atoms with Gasteiger partial charge in [-0.25, -0.2) is 0 Å². The molecule has 1 N–H and O–H groups in total. The molecule has 0 radical (unpaired) electrons. The summed E-state index contributed by atoms with van der Waals surface area (Å²) in [5.74, 6) is -0.421. The minimum atomic E-state index is -0.607. The van der Waals surface area contributed by atoms with Gasteiger partial charge in [0.15, 0.2) is 0 Å². The summed E-state index contributed by atoms with van der Waals surface area (Å²) in [4.78, 5) is 34.8. The highest BCUT2D eigenvalue weighted by Crippen LogP contribution is 2.21. The second-order valence-corrected chi connectivity index (χ2v) is 5.93. The zero-order valence-corrected chi connectivity index (χ0v) is 14.3. The van der Waals surface area contributed by atoms with Gasteiger partial charge in [-0.2, -0.15) is 0 Å². The number of hydrogen-bond donors (Lipinski definition) is 1. The number of rotatable bonds is 6. The van der Waals surface area contributed by atoms with E-state index in [1.807, 2.05) is 60.7 Å². The maximum absolute atomic E-state index is 12.6. The van der Waals surface area contributed by atoms with Crippen LogP contribution in [-0.4, -0.2) is 15.4 Å². The maximum atomic E-state index is 12.6. The lowest BCUT2D eigenvalue weighted by molar-refractivity contribution is -0.385. The highest BCUT2D eigenvalue weighted by molar-refractivity contribution is 5.77. The largest absolute Gasteiger partial charge is 0.344 e. The molecule has 7 heteroatoms. The van der Waals surface area contributed by atoms with E-state index in [1.54, 1.807) is 0 Å². The van der Waals surface area contributed by atoms with Crippen molar-refractivity contribution >= 4 is 11.6 Å². The van der Waals surface area contributed by atoms with E-state index in [1.165, 1.54) is 0 Å². The van der Waals surface area contributed by atoms with Gasteiger partial charge in [0.05, 0.1) is 17.2 Å². The molecule has 0 bridgehead atoms. The molecular weight excluding hydrogens is 346 g/mol. The van der Waals surface area contributed by atoms with Crippen LogP contribution in [0, 0.1) is 10.1 Å². The van der Waals surface area contributed by atoms with Gasteiger partial charge in [-0.05, 0) is 11.1 Å². The van der Waals surface area contributed by atoms with Crippen molar-refractivity contribution in [3.63, 3.8) is 0 Å². The highest BCUT2D eigenvalue weighted by atomic mass is 16.6. The lowest BCUT2D eigenvalue weighted by Gasteiger charge is -2.20. The van der Waals surface area contributed by atoms with E-state index in [0.29, 0.717) is 0 Å². The van der Waals surface area contributed by atoms with E-state index in [0.717, 1.165) is 34.0 Å². The molecule has 1 amide bonds. The summed E-state index contributed by atoms with van der Waals surface area (Å²) in [5.41, 5.74) is 1.06. The number of nitrogens with one attached hydrogen (secondary N) is 1. The molecule has 0 aliphatic heterocycles. The summed E-state index contributed by atoms with van der Waals surface area (Å²) < 4.78 is 1.03. The van der Waals surface area contributed by atoms with E-state index in [2.05, 4.69) is 5.32 Å². The van der Waals surface area contributed by atoms with Crippen molar-refractivity contribution in [1.29, 1.82) is 0 Å². The van der Waals surface area contributed by atoms with Crippen LogP contribution in [0.25, 0.3) is 0 Å². The summed E-state index contributed by atoms with van der Waals surface area (Å²) >= 11 is 0. The first-order valence-corrected chi connectivity index (χ1v) is 8.29. The van der Waals surface area contributed by atoms with Gasteiger partial charge in [-0.15, -0.1) is 0 Å². The summed E-state index contributed by atoms with van der Waals surface area (Å²) in [6.45, 7) is -0.309. The number of carbonyl (C=O) groups excluding carboxylic acids is 1. The molecule has 0 aliphatic carbocycles. The van der Waals surface area contributed by atoms with Crippen LogP contribution in [0.4, 0.5) is 5.69 Å². The summed E-state index contributed by atoms with van der Waals surface area (Å²) in [5, 5.41) is 13.8. The quantitative estimate of drug-likeness (QED) is 0.538. The number of hydrogen-bond acceptors (Lipinski definition) is 4. The highest BCUT2D eigenvalue weighted by Gasteiger charge is 2.18. The molecule has 0 spiro atoms. The summed E-state index contributed by atoms with van der Waals surface area (Å²) in [6, 6.07) is 20.7. The zero-order chi connectivity index (χ0) is 19.2. The van der Waals surface area contributed by atoms with Crippen molar-refractivity contribution in [3.05, 3.63) is 111 Å². The average molecular weight is 363 g/mol. The fourth-order valence-corrected chi connectivity index (χ4v) is 2.76. The van der Waals surface area contributed by atoms with Gasteiger partial charge in [0.1, 0.15) is 6.54 Å². The Kier molecular flexibility index (Phi) is 5.41. The van der Waals surface area contributed by atoms with Crippen molar-refractivity contribution < 1.29 is 9.72 Å². The molecule has 136 valence electrons. The Morgan fingerprint density at radius 2 is 1.52 bits per heavy atom. The number of nitrogens with zero attached hydrogens (tertiary/aromatic N) is 2. The van der Waals surface area contributed by atoms with Gasteiger partial charge >= 0.3 is 0 Å². The second kappa shape index (κ2) is 8.09. The Hall–Kier alpha value is -3.74. The topological polar surface area (TPSA) is 94.2 Å². The molecule has 3 rings (SSSR count). The van der Waals surface area contributed by atoms with Gasteiger partial charge in [0.25, 0.3) is 11.2 Å². The monoisotopic (exact) mass is 363 g/mol. The Morgan fingerprint density at radius 3 is 2.04 bits per heavy atom. The number of benzene rings is 2. The van der Waals surface area contributed by atoms with E-state index < -0.39 is 22.4 Å². The van der Waals surface area contributed by atoms with Crippen molar-refractivity contribution in [3.8, 4) is 0 Å². The molecule has 0 atom stereocenters. The van der Waals surface area contributed by atoms with Crippen LogP contribution in [0.2, 0.25) is 0 Å². The number of carbonyl (C=O) groups is 1. The third kappa shape index (κ3) is 4.46. The standard InChI is InChI=1S/C20H17N3O4/c24-18(14-22-13-17(23(26)27)11-12-19(22)25)21-20(15-7-3-1-4-8-15)16-9-5-2-6-10-16/h1-13,20H,14H2,(H,21,24). The number of amides is 1. The fourth-order valence-electron chi connectivity index (χ4n) is 2.76. The molecule has 1 heterocycles. The second-order valence-electron chi connectivity index (χ2n) is 5.93. The molecule has 0 fully saturated rings. The molecule has 7 nitrogen and oxygen atoms in total. The molecule has 3 aromatic rings. The molecule has 0 saturated carbocycles. The maximum Gasteiger partial charge on any atom is 0.285 e. The van der Waals surface area contributed by atoms with Crippen molar-refractivity contribution in [2.45, 2.75) is 12.6 Å². The van der Waals surface area contributed by atoms with E-state index >= 15 is 0 Å². The molecule has 0 unspecified atom stereocenters. The van der Waals surface area contributed by atoms with E-state index in [9.17, 15) is 19.7 Å². The van der Waals surface area contributed by atoms with Gasteiger partial charge in [0, 0.05) is 12.1 Å². The van der Waals surface area contributed by atoms with Gasteiger partial charge in [-0.1, -0.05) is 60.7 Å². The Morgan fingerprint density at radius 1 is 0.963 bits per heavy atom. The van der Waals surface area contributed by atoms with Crippen molar-refractivity contribution in [2.75, 3.05) is 0 Å². The van der Waals surface area contributed by atoms with Gasteiger partial charge in [0.2, 0.25) is 5.91 Å². The first-order valence-electron chi connectivity index (χ1n) is 8.29. The summed E-state index contributed by atoms with van der Waals surface area (Å²) in [7, 11) is 0. The van der Waals surface area contributed by atoms with Crippen LogP contribution in [0.1, 0.15) is 17.2 Å². The summed E-state index contributed by atoms with van der Waals surface area (Å²) in [6.07, 6.45) is 1.07. The smallest absolute Gasteiger partial charge is 0.285 e. The van der Waals surface area contributed by atoms with Crippen LogP contribution < -0.4 is 10.9 Å².